The number of allylic oxidation sites excluding steroid dienone is 8. The molecule has 0 heterocycles. The predicted octanol–water partition coefficient (Wildman–Crippen LogP) is 21.0. The van der Waals surface area contributed by atoms with Gasteiger partial charge in [0.25, 0.3) is 0 Å². The first kappa shape index (κ1) is 68.4. The number of ether oxygens (including phenoxy) is 3. The second kappa shape index (κ2) is 59.9. The molecule has 71 heavy (non-hydrogen) atoms. The number of rotatable bonds is 57. The summed E-state index contributed by atoms with van der Waals surface area (Å²) < 4.78 is 16.8. The molecule has 0 aliphatic rings. The molecule has 0 saturated carbocycles. The third-order valence-corrected chi connectivity index (χ3v) is 13.8. The minimum absolute atomic E-state index is 0.0755. The van der Waals surface area contributed by atoms with Crippen LogP contribution in [-0.2, 0) is 28.6 Å². The van der Waals surface area contributed by atoms with E-state index in [0.29, 0.717) is 19.3 Å². The molecule has 0 aromatic carbocycles. The van der Waals surface area contributed by atoms with Crippen molar-refractivity contribution < 1.29 is 28.6 Å². The number of carbonyl (C=O) groups is 3. The summed E-state index contributed by atoms with van der Waals surface area (Å²) in [5, 5.41) is 0. The van der Waals surface area contributed by atoms with Gasteiger partial charge < -0.3 is 14.2 Å². The second-order valence-corrected chi connectivity index (χ2v) is 21.0. The van der Waals surface area contributed by atoms with E-state index in [1.54, 1.807) is 0 Å². The van der Waals surface area contributed by atoms with E-state index in [4.69, 9.17) is 14.2 Å². The summed E-state index contributed by atoms with van der Waals surface area (Å²) in [6.07, 6.45) is 74.3. The van der Waals surface area contributed by atoms with Crippen LogP contribution in [0.4, 0.5) is 0 Å². The molecule has 414 valence electrons. The van der Waals surface area contributed by atoms with Crippen molar-refractivity contribution in [1.29, 1.82) is 0 Å². The van der Waals surface area contributed by atoms with E-state index in [1.165, 1.54) is 212 Å². The van der Waals surface area contributed by atoms with Gasteiger partial charge in [0.2, 0.25) is 0 Å². The topological polar surface area (TPSA) is 78.9 Å². The smallest absolute Gasteiger partial charge is 0.306 e. The lowest BCUT2D eigenvalue weighted by Gasteiger charge is -2.18. The fraction of sp³-hybridized carbons (Fsp3) is 0.831. The maximum Gasteiger partial charge on any atom is 0.306 e. The molecule has 6 nitrogen and oxygen atoms in total. The Morgan fingerprint density at radius 1 is 0.282 bits per heavy atom. The highest BCUT2D eigenvalue weighted by Crippen LogP contribution is 2.17. The fourth-order valence-corrected chi connectivity index (χ4v) is 9.09. The molecule has 0 bridgehead atoms. The third-order valence-electron chi connectivity index (χ3n) is 13.8. The molecular formula is C65H118O6. The van der Waals surface area contributed by atoms with Gasteiger partial charge in [0.1, 0.15) is 13.2 Å². The van der Waals surface area contributed by atoms with E-state index in [0.717, 1.165) is 77.0 Å². The van der Waals surface area contributed by atoms with Crippen molar-refractivity contribution in [2.75, 3.05) is 13.2 Å². The van der Waals surface area contributed by atoms with Crippen molar-refractivity contribution in [1.82, 2.24) is 0 Å². The van der Waals surface area contributed by atoms with Gasteiger partial charge in [-0.2, -0.15) is 0 Å². The molecular weight excluding hydrogens is 877 g/mol. The summed E-state index contributed by atoms with van der Waals surface area (Å²) in [6.45, 7) is 6.60. The Morgan fingerprint density at radius 3 is 0.831 bits per heavy atom. The Balaban J connectivity index is 4.10. The molecule has 6 heteroatoms. The molecule has 0 spiro atoms. The Labute approximate surface area is 441 Å². The van der Waals surface area contributed by atoms with Gasteiger partial charge in [-0.05, 0) is 83.5 Å². The van der Waals surface area contributed by atoms with Crippen LogP contribution in [0, 0.1) is 0 Å². The maximum atomic E-state index is 12.8. The number of unbranched alkanes of at least 4 members (excludes halogenated alkanes) is 38. The van der Waals surface area contributed by atoms with Gasteiger partial charge in [-0.25, -0.2) is 0 Å². The summed E-state index contributed by atoms with van der Waals surface area (Å²) >= 11 is 0. The van der Waals surface area contributed by atoms with E-state index in [-0.39, 0.29) is 31.1 Å². The molecule has 0 aromatic heterocycles. The quantitative estimate of drug-likeness (QED) is 0.0261. The summed E-state index contributed by atoms with van der Waals surface area (Å²) in [5.74, 6) is -0.880. The van der Waals surface area contributed by atoms with Crippen LogP contribution in [0.25, 0.3) is 0 Å². The molecule has 0 radical (unpaired) electrons. The SMILES string of the molecule is CCCCC/C=C\C/C=C\C/C=C\CCCCCCCCC(=O)OC(COC(=O)CCCCCCCCC)COC(=O)CCCCCCCCCCCCCCCCC/C=C\CCCCCCCCCC. The number of hydrogen-bond acceptors (Lipinski definition) is 6. The molecule has 0 N–H and O–H groups in total. The maximum absolute atomic E-state index is 12.8. The fourth-order valence-electron chi connectivity index (χ4n) is 9.09. The molecule has 1 atom stereocenters. The normalized spacial score (nSPS) is 12.3. The first-order valence-electron chi connectivity index (χ1n) is 31.1. The van der Waals surface area contributed by atoms with Crippen molar-refractivity contribution in [3.8, 4) is 0 Å². The summed E-state index contributed by atoms with van der Waals surface area (Å²) in [6, 6.07) is 0. The van der Waals surface area contributed by atoms with Crippen LogP contribution in [-0.4, -0.2) is 37.2 Å². The molecule has 0 rings (SSSR count). The van der Waals surface area contributed by atoms with E-state index < -0.39 is 6.10 Å². The zero-order valence-electron chi connectivity index (χ0n) is 47.5. The summed E-state index contributed by atoms with van der Waals surface area (Å²) in [5.41, 5.74) is 0. The highest BCUT2D eigenvalue weighted by molar-refractivity contribution is 5.71. The molecule has 0 aliphatic heterocycles. The van der Waals surface area contributed by atoms with E-state index in [2.05, 4.69) is 69.4 Å². The van der Waals surface area contributed by atoms with Gasteiger partial charge in [0, 0.05) is 19.3 Å². The number of hydrogen-bond donors (Lipinski definition) is 0. The molecule has 1 unspecified atom stereocenters. The van der Waals surface area contributed by atoms with Crippen LogP contribution < -0.4 is 0 Å². The van der Waals surface area contributed by atoms with Crippen molar-refractivity contribution >= 4 is 17.9 Å². The average molecular weight is 996 g/mol. The highest BCUT2D eigenvalue weighted by Gasteiger charge is 2.19. The number of carbonyl (C=O) groups excluding carboxylic acids is 3. The number of esters is 3. The zero-order valence-corrected chi connectivity index (χ0v) is 47.5. The Morgan fingerprint density at radius 2 is 0.507 bits per heavy atom. The highest BCUT2D eigenvalue weighted by atomic mass is 16.6. The van der Waals surface area contributed by atoms with Crippen LogP contribution in [0.3, 0.4) is 0 Å². The second-order valence-electron chi connectivity index (χ2n) is 21.0. The Bertz CT molecular complexity index is 1230. The minimum Gasteiger partial charge on any atom is -0.462 e. The minimum atomic E-state index is -0.776. The van der Waals surface area contributed by atoms with Gasteiger partial charge in [0.15, 0.2) is 6.10 Å². The van der Waals surface area contributed by atoms with Crippen LogP contribution in [0.2, 0.25) is 0 Å². The van der Waals surface area contributed by atoms with E-state index >= 15 is 0 Å². The molecule has 0 aromatic rings. The van der Waals surface area contributed by atoms with Crippen molar-refractivity contribution in [2.45, 2.75) is 335 Å². The lowest BCUT2D eigenvalue weighted by atomic mass is 10.0. The molecule has 0 aliphatic carbocycles. The Kier molecular flexibility index (Phi) is 57.7. The molecule has 0 saturated heterocycles. The largest absolute Gasteiger partial charge is 0.462 e. The van der Waals surface area contributed by atoms with Crippen molar-refractivity contribution in [2.24, 2.45) is 0 Å². The molecule has 0 fully saturated rings. The van der Waals surface area contributed by atoms with Crippen LogP contribution in [0.15, 0.2) is 48.6 Å². The average Bonchev–Trinajstić information content (AvgIpc) is 3.37. The van der Waals surface area contributed by atoms with E-state index in [9.17, 15) is 14.4 Å². The zero-order chi connectivity index (χ0) is 51.4. The summed E-state index contributed by atoms with van der Waals surface area (Å²) in [7, 11) is 0. The first-order valence-corrected chi connectivity index (χ1v) is 31.1. The monoisotopic (exact) mass is 995 g/mol. The Hall–Kier alpha value is -2.63. The van der Waals surface area contributed by atoms with Crippen molar-refractivity contribution in [3.05, 3.63) is 48.6 Å². The van der Waals surface area contributed by atoms with E-state index in [1.807, 2.05) is 0 Å². The predicted molar refractivity (Wildman–Crippen MR) is 307 cm³/mol. The summed E-state index contributed by atoms with van der Waals surface area (Å²) in [4.78, 5) is 38.0. The van der Waals surface area contributed by atoms with Gasteiger partial charge in [-0.3, -0.25) is 14.4 Å². The lowest BCUT2D eigenvalue weighted by Crippen LogP contribution is -2.30. The van der Waals surface area contributed by atoms with Gasteiger partial charge in [0.05, 0.1) is 0 Å². The van der Waals surface area contributed by atoms with Gasteiger partial charge >= 0.3 is 17.9 Å². The molecule has 0 amide bonds. The third kappa shape index (κ3) is 58.1. The lowest BCUT2D eigenvalue weighted by molar-refractivity contribution is -0.167. The van der Waals surface area contributed by atoms with Crippen LogP contribution >= 0.6 is 0 Å². The van der Waals surface area contributed by atoms with Crippen molar-refractivity contribution in [3.63, 3.8) is 0 Å². The van der Waals surface area contributed by atoms with Gasteiger partial charge in [-0.15, -0.1) is 0 Å². The van der Waals surface area contributed by atoms with Crippen LogP contribution in [0.5, 0.6) is 0 Å². The van der Waals surface area contributed by atoms with Crippen LogP contribution in [0.1, 0.15) is 329 Å². The standard InChI is InChI=1S/C65H118O6/c1-4-7-10-13-16-18-20-22-24-26-28-29-30-31-32-33-34-35-37-38-40-42-44-46-49-52-55-58-64(67)70-61-62(60-69-63(66)57-54-51-48-15-12-9-6-3)71-65(68)59-56-53-50-47-45-43-41-39-36-27-25-23-21-19-17-14-11-8-5-2/h17,19,23,25-26,28,36,39,62H,4-16,18,20-22,24,27,29-35,37-38,40-61H2,1-3H3/b19-17-,25-23-,28-26-,39-36-. The first-order chi connectivity index (χ1) is 35.0. The van der Waals surface area contributed by atoms with Gasteiger partial charge in [-0.1, -0.05) is 275 Å².